The monoisotopic (exact) mass is 336 g/mol. The Bertz CT molecular complexity index is 686. The summed E-state index contributed by atoms with van der Waals surface area (Å²) in [5.41, 5.74) is 3.11. The first-order valence-electron chi connectivity index (χ1n) is 9.19. The number of likely N-dealkylation sites (tertiary alicyclic amines) is 1. The molecule has 0 radical (unpaired) electrons. The van der Waals surface area contributed by atoms with Crippen LogP contribution in [0.25, 0.3) is 0 Å². The van der Waals surface area contributed by atoms with Crippen LogP contribution in [0.15, 0.2) is 54.6 Å². The van der Waals surface area contributed by atoms with Gasteiger partial charge in [0.15, 0.2) is 0 Å². The smallest absolute Gasteiger partial charge is 0.246 e. The second-order valence-electron chi connectivity index (χ2n) is 7.57. The average molecular weight is 336 g/mol. The van der Waals surface area contributed by atoms with Crippen molar-refractivity contribution in [2.75, 3.05) is 18.4 Å². The number of hydrogen-bond acceptors (Lipinski definition) is 2. The average Bonchev–Trinajstić information content (AvgIpc) is 2.57. The predicted octanol–water partition coefficient (Wildman–Crippen LogP) is 4.65. The topological polar surface area (TPSA) is 32.3 Å². The SMILES string of the molecule is Cc1ccc(NC(=O)[C@H](c2ccccc2)N2C[C@H](C)C[C@@H](C)C2)cc1. The normalized spacial score (nSPS) is 22.4. The Balaban J connectivity index is 1.85. The molecule has 0 aromatic heterocycles. The number of hydrogen-bond donors (Lipinski definition) is 1. The van der Waals surface area contributed by atoms with E-state index in [-0.39, 0.29) is 11.9 Å². The number of piperidine rings is 1. The van der Waals surface area contributed by atoms with Gasteiger partial charge >= 0.3 is 0 Å². The van der Waals surface area contributed by atoms with E-state index in [2.05, 4.69) is 43.1 Å². The van der Waals surface area contributed by atoms with Crippen LogP contribution in [0.1, 0.15) is 37.4 Å². The summed E-state index contributed by atoms with van der Waals surface area (Å²) in [5.74, 6) is 1.28. The zero-order valence-electron chi connectivity index (χ0n) is 15.4. The summed E-state index contributed by atoms with van der Waals surface area (Å²) in [4.78, 5) is 15.5. The van der Waals surface area contributed by atoms with Crippen molar-refractivity contribution in [3.63, 3.8) is 0 Å². The molecule has 1 amide bonds. The van der Waals surface area contributed by atoms with Crippen molar-refractivity contribution >= 4 is 11.6 Å². The molecule has 3 heteroatoms. The number of carbonyl (C=O) groups excluding carboxylic acids is 1. The summed E-state index contributed by atoms with van der Waals surface area (Å²) in [6.07, 6.45) is 1.23. The van der Waals surface area contributed by atoms with E-state index >= 15 is 0 Å². The molecule has 2 aromatic carbocycles. The zero-order valence-corrected chi connectivity index (χ0v) is 15.4. The van der Waals surface area contributed by atoms with Crippen molar-refractivity contribution < 1.29 is 4.79 Å². The van der Waals surface area contributed by atoms with Crippen molar-refractivity contribution in [3.8, 4) is 0 Å². The molecule has 3 nitrogen and oxygen atoms in total. The Hall–Kier alpha value is -2.13. The Morgan fingerprint density at radius 3 is 2.20 bits per heavy atom. The quantitative estimate of drug-likeness (QED) is 0.881. The molecule has 1 aliphatic rings. The molecule has 1 fully saturated rings. The molecule has 1 heterocycles. The van der Waals surface area contributed by atoms with Gasteiger partial charge in [0.05, 0.1) is 0 Å². The Morgan fingerprint density at radius 2 is 1.60 bits per heavy atom. The van der Waals surface area contributed by atoms with Gasteiger partial charge < -0.3 is 5.32 Å². The lowest BCUT2D eigenvalue weighted by Crippen LogP contribution is -2.45. The summed E-state index contributed by atoms with van der Waals surface area (Å²) in [6, 6.07) is 17.9. The van der Waals surface area contributed by atoms with Crippen molar-refractivity contribution in [2.24, 2.45) is 11.8 Å². The van der Waals surface area contributed by atoms with Crippen molar-refractivity contribution in [3.05, 3.63) is 65.7 Å². The van der Waals surface area contributed by atoms with Crippen LogP contribution in [0, 0.1) is 18.8 Å². The third-order valence-electron chi connectivity index (χ3n) is 4.95. The van der Waals surface area contributed by atoms with Crippen LogP contribution in [0.5, 0.6) is 0 Å². The number of amides is 1. The highest BCUT2D eigenvalue weighted by Gasteiger charge is 2.32. The molecule has 1 aliphatic heterocycles. The van der Waals surface area contributed by atoms with Gasteiger partial charge in [-0.3, -0.25) is 9.69 Å². The van der Waals surface area contributed by atoms with E-state index in [1.54, 1.807) is 0 Å². The standard InChI is InChI=1S/C22H28N2O/c1-16-9-11-20(12-10-16)23-22(25)21(19-7-5-4-6-8-19)24-14-17(2)13-18(3)15-24/h4-12,17-18,21H,13-15H2,1-3H3,(H,23,25)/t17-,18-,21+/m1/s1. The van der Waals surface area contributed by atoms with Gasteiger partial charge in [0.1, 0.15) is 6.04 Å². The third-order valence-corrected chi connectivity index (χ3v) is 4.95. The summed E-state index contributed by atoms with van der Waals surface area (Å²) in [6.45, 7) is 8.54. The molecule has 3 rings (SSSR count). The van der Waals surface area contributed by atoms with Crippen LogP contribution in [-0.4, -0.2) is 23.9 Å². The minimum atomic E-state index is -0.243. The van der Waals surface area contributed by atoms with E-state index in [1.165, 1.54) is 12.0 Å². The van der Waals surface area contributed by atoms with Crippen LogP contribution in [0.2, 0.25) is 0 Å². The maximum atomic E-state index is 13.2. The highest BCUT2D eigenvalue weighted by molar-refractivity contribution is 5.95. The molecule has 0 unspecified atom stereocenters. The van der Waals surface area contributed by atoms with Gasteiger partial charge in [0, 0.05) is 18.8 Å². The highest BCUT2D eigenvalue weighted by Crippen LogP contribution is 2.30. The molecule has 0 saturated carbocycles. The molecule has 132 valence electrons. The molecule has 25 heavy (non-hydrogen) atoms. The highest BCUT2D eigenvalue weighted by atomic mass is 16.2. The number of nitrogens with zero attached hydrogens (tertiary/aromatic N) is 1. The van der Waals surface area contributed by atoms with E-state index in [0.29, 0.717) is 11.8 Å². The van der Waals surface area contributed by atoms with Gasteiger partial charge in [-0.15, -0.1) is 0 Å². The van der Waals surface area contributed by atoms with Gasteiger partial charge in [-0.2, -0.15) is 0 Å². The number of benzene rings is 2. The number of anilines is 1. The first-order valence-corrected chi connectivity index (χ1v) is 9.19. The van der Waals surface area contributed by atoms with Gasteiger partial charge in [0.25, 0.3) is 0 Å². The lowest BCUT2D eigenvalue weighted by molar-refractivity contribution is -0.122. The van der Waals surface area contributed by atoms with Crippen molar-refractivity contribution in [1.29, 1.82) is 0 Å². The molecule has 1 saturated heterocycles. The number of rotatable bonds is 4. The number of carbonyl (C=O) groups is 1. The van der Waals surface area contributed by atoms with Gasteiger partial charge in [-0.1, -0.05) is 61.9 Å². The van der Waals surface area contributed by atoms with E-state index in [1.807, 2.05) is 42.5 Å². The van der Waals surface area contributed by atoms with E-state index in [9.17, 15) is 4.79 Å². The first-order chi connectivity index (χ1) is 12.0. The zero-order chi connectivity index (χ0) is 17.8. The second-order valence-corrected chi connectivity index (χ2v) is 7.57. The van der Waals surface area contributed by atoms with E-state index < -0.39 is 0 Å². The summed E-state index contributed by atoms with van der Waals surface area (Å²) in [7, 11) is 0. The van der Waals surface area contributed by atoms with Gasteiger partial charge in [0.2, 0.25) is 5.91 Å². The fraction of sp³-hybridized carbons (Fsp3) is 0.409. The molecule has 0 bridgehead atoms. The minimum Gasteiger partial charge on any atom is -0.324 e. The predicted molar refractivity (Wildman–Crippen MR) is 104 cm³/mol. The van der Waals surface area contributed by atoms with Crippen molar-refractivity contribution in [2.45, 2.75) is 33.2 Å². The lowest BCUT2D eigenvalue weighted by atomic mass is 9.89. The Morgan fingerprint density at radius 1 is 1.00 bits per heavy atom. The third kappa shape index (κ3) is 4.49. The summed E-state index contributed by atoms with van der Waals surface area (Å²) < 4.78 is 0. The fourth-order valence-corrected chi connectivity index (χ4v) is 3.93. The summed E-state index contributed by atoms with van der Waals surface area (Å²) >= 11 is 0. The van der Waals surface area contributed by atoms with Gasteiger partial charge in [-0.25, -0.2) is 0 Å². The van der Waals surface area contributed by atoms with Crippen molar-refractivity contribution in [1.82, 2.24) is 4.90 Å². The molecule has 0 spiro atoms. The maximum absolute atomic E-state index is 13.2. The first kappa shape index (κ1) is 17.7. The number of nitrogens with one attached hydrogen (secondary N) is 1. The number of aryl methyl sites for hydroxylation is 1. The molecule has 1 N–H and O–H groups in total. The van der Waals surface area contributed by atoms with E-state index in [0.717, 1.165) is 24.3 Å². The van der Waals surface area contributed by atoms with Gasteiger partial charge in [-0.05, 0) is 42.9 Å². The Labute approximate surface area is 151 Å². The lowest BCUT2D eigenvalue weighted by Gasteiger charge is -2.39. The molecular weight excluding hydrogens is 308 g/mol. The van der Waals surface area contributed by atoms with Crippen LogP contribution in [-0.2, 0) is 4.79 Å². The fourth-order valence-electron chi connectivity index (χ4n) is 3.93. The van der Waals surface area contributed by atoms with E-state index in [4.69, 9.17) is 0 Å². The van der Waals surface area contributed by atoms with Crippen LogP contribution in [0.3, 0.4) is 0 Å². The molecule has 0 aliphatic carbocycles. The Kier molecular flexibility index (Phi) is 5.54. The molecular formula is C22H28N2O. The largest absolute Gasteiger partial charge is 0.324 e. The van der Waals surface area contributed by atoms with Crippen LogP contribution in [0.4, 0.5) is 5.69 Å². The molecule has 2 aromatic rings. The van der Waals surface area contributed by atoms with Crippen LogP contribution < -0.4 is 5.32 Å². The second kappa shape index (κ2) is 7.83. The molecule has 3 atom stereocenters. The minimum absolute atomic E-state index is 0.0522. The maximum Gasteiger partial charge on any atom is 0.246 e. The summed E-state index contributed by atoms with van der Waals surface area (Å²) in [5, 5.41) is 3.11. The van der Waals surface area contributed by atoms with Crippen LogP contribution >= 0.6 is 0 Å².